The van der Waals surface area contributed by atoms with Gasteiger partial charge < -0.3 is 19.6 Å². The molecule has 0 saturated carbocycles. The second-order valence-electron chi connectivity index (χ2n) is 13.9. The van der Waals surface area contributed by atoms with Crippen molar-refractivity contribution < 1.29 is 16.5 Å². The molecule has 2 aromatic carbocycles. The number of nitrogens with zero attached hydrogens (tertiary/aromatic N) is 6. The second-order valence-corrected chi connectivity index (χ2v) is 13.9. The number of aliphatic imine (C=N–C) groups is 2. The van der Waals surface area contributed by atoms with Crippen molar-refractivity contribution in [1.29, 1.82) is 0 Å². The molecule has 0 aliphatic carbocycles. The van der Waals surface area contributed by atoms with Crippen LogP contribution in [0.5, 0.6) is 0 Å². The van der Waals surface area contributed by atoms with Crippen molar-refractivity contribution in [3.05, 3.63) is 48.6 Å². The SMILES string of the molecule is CCCCCCCCC=CC(=Nc1ccc(N(CC)CC)c(N(CC)CC)c1)C(CCCCCC)=Nc1ccc(N(CC)CC)c(N(CC)CC)c1.[Ni]. The predicted octanol–water partition coefficient (Wildman–Crippen LogP) is 13.2. The van der Waals surface area contributed by atoms with Gasteiger partial charge in [0.25, 0.3) is 0 Å². The first-order valence-electron chi connectivity index (χ1n) is 21.5. The molecule has 2 rings (SSSR count). The van der Waals surface area contributed by atoms with E-state index in [1.165, 1.54) is 80.5 Å². The minimum absolute atomic E-state index is 0. The van der Waals surface area contributed by atoms with E-state index in [1.54, 1.807) is 0 Å². The van der Waals surface area contributed by atoms with Crippen molar-refractivity contribution in [1.82, 2.24) is 0 Å². The van der Waals surface area contributed by atoms with Crippen LogP contribution in [0, 0.1) is 0 Å². The predicted molar refractivity (Wildman–Crippen MR) is 237 cm³/mol. The number of allylic oxidation sites excluding steroid dienone is 2. The van der Waals surface area contributed by atoms with Crippen LogP contribution < -0.4 is 19.6 Å². The van der Waals surface area contributed by atoms with Gasteiger partial charge in [0.2, 0.25) is 0 Å². The molecule has 0 aromatic heterocycles. The van der Waals surface area contributed by atoms with E-state index in [-0.39, 0.29) is 16.5 Å². The monoisotopic (exact) mass is 773 g/mol. The fourth-order valence-electron chi connectivity index (χ4n) is 7.15. The zero-order chi connectivity index (χ0) is 38.1. The molecule has 6 nitrogen and oxygen atoms in total. The van der Waals surface area contributed by atoms with E-state index in [1.807, 2.05) is 0 Å². The van der Waals surface area contributed by atoms with Crippen LogP contribution in [0.4, 0.5) is 34.1 Å². The van der Waals surface area contributed by atoms with E-state index in [0.717, 1.165) is 94.4 Å². The number of rotatable bonds is 28. The minimum atomic E-state index is 0. The third-order valence-corrected chi connectivity index (χ3v) is 10.4. The van der Waals surface area contributed by atoms with E-state index in [0.29, 0.717) is 0 Å². The summed E-state index contributed by atoms with van der Waals surface area (Å²) in [5.41, 5.74) is 9.23. The van der Waals surface area contributed by atoms with Gasteiger partial charge in [0.15, 0.2) is 0 Å². The Balaban J connectivity index is 0.0000140. The number of unbranched alkanes of at least 4 members (excludes halogenated alkanes) is 9. The standard InChI is InChI=1S/C46H78N6.Ni/c1-11-21-23-25-26-27-28-30-32-42(48-40-34-36-44(50(15-5)16-6)46(38-40)52(19-9)20-10)41(31-29-24-22-12-2)47-39-33-35-43(49(13-3)14-4)45(37-39)51(17-7)18-8;/h30,32-38H,11-29,31H2,1-10H3;. The van der Waals surface area contributed by atoms with Gasteiger partial charge in [0, 0.05) is 68.8 Å². The van der Waals surface area contributed by atoms with Crippen LogP contribution in [0.3, 0.4) is 0 Å². The minimum Gasteiger partial charge on any atom is -0.370 e. The summed E-state index contributed by atoms with van der Waals surface area (Å²) >= 11 is 0. The summed E-state index contributed by atoms with van der Waals surface area (Å²) in [5, 5.41) is 0. The molecule has 53 heavy (non-hydrogen) atoms. The maximum absolute atomic E-state index is 5.50. The smallest absolute Gasteiger partial charge is 0.0848 e. The third kappa shape index (κ3) is 15.8. The van der Waals surface area contributed by atoms with Gasteiger partial charge in [-0.2, -0.15) is 0 Å². The summed E-state index contributed by atoms with van der Waals surface area (Å²) in [6, 6.07) is 13.7. The summed E-state index contributed by atoms with van der Waals surface area (Å²) in [6.07, 6.45) is 19.3. The average molecular weight is 774 g/mol. The number of anilines is 4. The topological polar surface area (TPSA) is 37.7 Å². The van der Waals surface area contributed by atoms with E-state index < -0.39 is 0 Å². The van der Waals surface area contributed by atoms with Gasteiger partial charge in [-0.25, -0.2) is 4.99 Å². The summed E-state index contributed by atoms with van der Waals surface area (Å²) < 4.78 is 0. The molecule has 0 unspecified atom stereocenters. The van der Waals surface area contributed by atoms with Crippen LogP contribution in [0.15, 0.2) is 58.5 Å². The fraction of sp³-hybridized carbons (Fsp3) is 0.652. The summed E-state index contributed by atoms with van der Waals surface area (Å²) in [5.74, 6) is 0. The van der Waals surface area contributed by atoms with E-state index >= 15 is 0 Å². The maximum atomic E-state index is 5.50. The number of hydrogen-bond donors (Lipinski definition) is 0. The van der Waals surface area contributed by atoms with Crippen molar-refractivity contribution in [3.8, 4) is 0 Å². The van der Waals surface area contributed by atoms with Crippen molar-refractivity contribution >= 4 is 45.5 Å². The van der Waals surface area contributed by atoms with Gasteiger partial charge in [0.1, 0.15) is 0 Å². The Labute approximate surface area is 337 Å². The first-order valence-corrected chi connectivity index (χ1v) is 21.5. The molecule has 0 bridgehead atoms. The average Bonchev–Trinajstić information content (AvgIpc) is 3.16. The van der Waals surface area contributed by atoms with Crippen LogP contribution >= 0.6 is 0 Å². The molecule has 7 heteroatoms. The number of benzene rings is 2. The van der Waals surface area contributed by atoms with Gasteiger partial charge in [-0.05, 0) is 124 Å². The molecule has 0 atom stereocenters. The Morgan fingerprint density at radius 1 is 0.472 bits per heavy atom. The molecule has 302 valence electrons. The van der Waals surface area contributed by atoms with Gasteiger partial charge in [0.05, 0.1) is 45.5 Å². The van der Waals surface area contributed by atoms with Crippen LogP contribution in [-0.4, -0.2) is 63.8 Å². The first-order chi connectivity index (χ1) is 25.4. The van der Waals surface area contributed by atoms with Crippen molar-refractivity contribution in [2.75, 3.05) is 72.0 Å². The van der Waals surface area contributed by atoms with Crippen molar-refractivity contribution in [2.24, 2.45) is 9.98 Å². The Hall–Kier alpha value is -2.79. The second kappa shape index (κ2) is 28.6. The Bertz CT molecular complexity index is 1340. The molecule has 2 aromatic rings. The van der Waals surface area contributed by atoms with Crippen LogP contribution in [-0.2, 0) is 16.5 Å². The van der Waals surface area contributed by atoms with Crippen LogP contribution in [0.2, 0.25) is 0 Å². The molecular weight excluding hydrogens is 695 g/mol. The molecule has 0 aliphatic rings. The Kier molecular flexibility index (Phi) is 26.1. The zero-order valence-electron chi connectivity index (χ0n) is 35.8. The molecule has 0 N–H and O–H groups in total. The van der Waals surface area contributed by atoms with E-state index in [9.17, 15) is 0 Å². The zero-order valence-corrected chi connectivity index (χ0v) is 36.7. The molecule has 0 saturated heterocycles. The quantitative estimate of drug-likeness (QED) is 0.0490. The summed E-state index contributed by atoms with van der Waals surface area (Å²) in [4.78, 5) is 20.8. The molecule has 0 radical (unpaired) electrons. The molecular formula is C46H78N6Ni. The van der Waals surface area contributed by atoms with Crippen molar-refractivity contribution in [2.45, 2.75) is 146 Å². The normalized spacial score (nSPS) is 12.0. The van der Waals surface area contributed by atoms with Gasteiger partial charge in [-0.3, -0.25) is 4.99 Å². The fourth-order valence-corrected chi connectivity index (χ4v) is 7.15. The van der Waals surface area contributed by atoms with Crippen LogP contribution in [0.1, 0.15) is 146 Å². The Morgan fingerprint density at radius 2 is 0.868 bits per heavy atom. The van der Waals surface area contributed by atoms with E-state index in [4.69, 9.17) is 9.98 Å². The van der Waals surface area contributed by atoms with E-state index in [2.05, 4.69) is 137 Å². The van der Waals surface area contributed by atoms with Crippen LogP contribution in [0.25, 0.3) is 0 Å². The molecule has 0 spiro atoms. The van der Waals surface area contributed by atoms with Crippen molar-refractivity contribution in [3.63, 3.8) is 0 Å². The first kappa shape index (κ1) is 48.2. The summed E-state index contributed by atoms with van der Waals surface area (Å²) in [7, 11) is 0. The molecule has 0 heterocycles. The molecule has 0 fully saturated rings. The molecule has 0 amide bonds. The maximum Gasteiger partial charge on any atom is 0.0848 e. The third-order valence-electron chi connectivity index (χ3n) is 10.4. The van der Waals surface area contributed by atoms with Gasteiger partial charge in [-0.15, -0.1) is 0 Å². The Morgan fingerprint density at radius 3 is 1.32 bits per heavy atom. The molecule has 0 aliphatic heterocycles. The van der Waals surface area contributed by atoms with Gasteiger partial charge in [-0.1, -0.05) is 71.3 Å². The largest absolute Gasteiger partial charge is 0.370 e. The van der Waals surface area contributed by atoms with Gasteiger partial charge >= 0.3 is 0 Å². The summed E-state index contributed by atoms with van der Waals surface area (Å²) in [6.45, 7) is 30.4. The number of hydrogen-bond acceptors (Lipinski definition) is 6.